The maximum absolute atomic E-state index is 14.9. The van der Waals surface area contributed by atoms with Gasteiger partial charge in [0.25, 0.3) is 5.91 Å². The van der Waals surface area contributed by atoms with Gasteiger partial charge in [0, 0.05) is 55.3 Å². The van der Waals surface area contributed by atoms with Gasteiger partial charge in [-0.3, -0.25) is 29.0 Å². The van der Waals surface area contributed by atoms with Gasteiger partial charge >= 0.3 is 5.97 Å². The number of ether oxygens (including phenoxy) is 3. The summed E-state index contributed by atoms with van der Waals surface area (Å²) < 4.78 is 46.9. The summed E-state index contributed by atoms with van der Waals surface area (Å²) in [6.07, 6.45) is 5.65. The largest absolute Gasteiger partial charge is 0.494 e. The first-order valence-electron chi connectivity index (χ1n) is 19.4. The molecule has 0 radical (unpaired) electrons. The van der Waals surface area contributed by atoms with Gasteiger partial charge in [-0.2, -0.15) is 4.39 Å². The summed E-state index contributed by atoms with van der Waals surface area (Å²) in [4.78, 5) is 58.0. The quantitative estimate of drug-likeness (QED) is 0.0272. The first kappa shape index (κ1) is 46.4. The summed E-state index contributed by atoms with van der Waals surface area (Å²) in [5.74, 6) is -4.13. The molecule has 2 atom stereocenters. The van der Waals surface area contributed by atoms with Crippen molar-refractivity contribution in [3.63, 3.8) is 0 Å². The molecule has 3 amide bonds. The number of imidazole rings is 1. The van der Waals surface area contributed by atoms with Gasteiger partial charge in [-0.05, 0) is 68.5 Å². The Kier molecular flexibility index (Phi) is 18.1. The van der Waals surface area contributed by atoms with Crippen LogP contribution in [0.25, 0.3) is 16.9 Å². The number of carboxylic acid groups (broad SMARTS) is 1. The number of amidine groups is 1. The van der Waals surface area contributed by atoms with Gasteiger partial charge in [0.2, 0.25) is 17.6 Å². The van der Waals surface area contributed by atoms with E-state index in [1.807, 2.05) is 13.0 Å². The Morgan fingerprint density at radius 1 is 0.950 bits per heavy atom. The second-order valence-electron chi connectivity index (χ2n) is 13.5. The minimum Gasteiger partial charge on any atom is -0.494 e. The van der Waals surface area contributed by atoms with Crippen molar-refractivity contribution in [1.82, 2.24) is 35.6 Å². The molecule has 20 heteroatoms. The highest BCUT2D eigenvalue weighted by Crippen LogP contribution is 2.31. The Morgan fingerprint density at radius 2 is 1.68 bits per heavy atom. The van der Waals surface area contributed by atoms with Crippen molar-refractivity contribution in [3.05, 3.63) is 71.7 Å². The Labute approximate surface area is 345 Å². The van der Waals surface area contributed by atoms with Gasteiger partial charge in [0.05, 0.1) is 51.3 Å². The monoisotopic (exact) mass is 838 g/mol. The first-order chi connectivity index (χ1) is 28.8. The zero-order valence-corrected chi connectivity index (χ0v) is 33.7. The molecule has 18 nitrogen and oxygen atoms in total. The highest BCUT2D eigenvalue weighted by Gasteiger charge is 2.22. The fourth-order valence-corrected chi connectivity index (χ4v) is 5.97. The number of methoxy groups -OCH3 is 1. The van der Waals surface area contributed by atoms with Crippen molar-refractivity contribution in [2.24, 2.45) is 5.73 Å². The average molecular weight is 839 g/mol. The number of halogens is 2. The molecule has 0 fully saturated rings. The van der Waals surface area contributed by atoms with Gasteiger partial charge in [-0.1, -0.05) is 6.92 Å². The third-order valence-electron chi connectivity index (χ3n) is 9.12. The summed E-state index contributed by atoms with van der Waals surface area (Å²) in [5, 5.41) is 30.7. The van der Waals surface area contributed by atoms with E-state index in [-0.39, 0.29) is 75.4 Å². The number of carbonyl (C=O) groups excluding carboxylic acids is 3. The lowest BCUT2D eigenvalue weighted by molar-refractivity contribution is -0.139. The number of fused-ring (bicyclic) bond motifs is 1. The molecule has 0 aliphatic heterocycles. The number of amides is 3. The summed E-state index contributed by atoms with van der Waals surface area (Å²) in [6, 6.07) is 5.97. The number of nitrogens with one attached hydrogen (secondary N) is 6. The van der Waals surface area contributed by atoms with Gasteiger partial charge in [-0.25, -0.2) is 14.4 Å². The molecule has 0 unspecified atom stereocenters. The number of carbonyl (C=O) groups is 4. The molecule has 2 aromatic carbocycles. The van der Waals surface area contributed by atoms with E-state index in [9.17, 15) is 28.0 Å². The van der Waals surface area contributed by atoms with E-state index < -0.39 is 41.5 Å². The molecule has 4 rings (SSSR count). The lowest BCUT2D eigenvalue weighted by Crippen LogP contribution is -2.48. The minimum atomic E-state index is -1.22. The molecule has 2 heterocycles. The van der Waals surface area contributed by atoms with Crippen molar-refractivity contribution in [3.8, 4) is 17.0 Å². The third kappa shape index (κ3) is 13.4. The molecule has 0 spiro atoms. The van der Waals surface area contributed by atoms with E-state index in [0.717, 1.165) is 5.56 Å². The van der Waals surface area contributed by atoms with Crippen molar-refractivity contribution < 1.29 is 47.3 Å². The number of hydrogen-bond acceptors (Lipinski definition) is 12. The predicted molar refractivity (Wildman–Crippen MR) is 218 cm³/mol. The normalized spacial score (nSPS) is 12.0. The molecule has 0 bridgehead atoms. The Hall–Kier alpha value is -6.25. The van der Waals surface area contributed by atoms with Gasteiger partial charge in [-0.15, -0.1) is 0 Å². The topological polar surface area (TPSA) is 256 Å². The summed E-state index contributed by atoms with van der Waals surface area (Å²) >= 11 is 0. The Morgan fingerprint density at radius 3 is 2.37 bits per heavy atom. The van der Waals surface area contributed by atoms with Crippen molar-refractivity contribution in [2.45, 2.75) is 58.0 Å². The Balaban J connectivity index is 1.18. The number of hydrogen-bond donors (Lipinski definition) is 8. The molecule has 9 N–H and O–H groups in total. The van der Waals surface area contributed by atoms with Crippen LogP contribution in [0.5, 0.6) is 5.75 Å². The molecule has 0 aliphatic carbocycles. The molecule has 60 heavy (non-hydrogen) atoms. The summed E-state index contributed by atoms with van der Waals surface area (Å²) in [5.41, 5.74) is 8.08. The van der Waals surface area contributed by atoms with E-state index in [2.05, 4.69) is 36.6 Å². The molecule has 0 aliphatic rings. The number of aliphatic carboxylic acids is 1. The highest BCUT2D eigenvalue weighted by atomic mass is 19.2. The number of benzene rings is 2. The zero-order valence-electron chi connectivity index (χ0n) is 33.7. The molecule has 0 saturated heterocycles. The molecule has 2 aromatic heterocycles. The standard InChI is InChI=1S/C40H52F2N10O8/c1-4-25-22-26(50-36-37-49-23-31(52(37)17-14-46-36)28-9-11-32(58-3)35(42)34(28)41)7-8-27(25)38(54)47-15-18-59-20-21-60-19-16-48-39(55)30(6-5-13-45-24(2)43)51-33(53)12-10-29(44)40(56)57/h7-9,11,14,17,22-23,29-30H,4-6,10,12-13,15-16,18-21,44H2,1-3H3,(H2,43,45)(H,46,50)(H,47,54)(H,48,55)(H,51,53)(H,56,57)/t29-,30-/m0/s1. The van der Waals surface area contributed by atoms with Crippen LogP contribution >= 0.6 is 0 Å². The number of anilines is 2. The van der Waals surface area contributed by atoms with Crippen molar-refractivity contribution >= 4 is 46.7 Å². The van der Waals surface area contributed by atoms with Gasteiger partial charge < -0.3 is 51.6 Å². The van der Waals surface area contributed by atoms with Gasteiger partial charge in [0.15, 0.2) is 23.0 Å². The molecule has 0 saturated carbocycles. The molecule has 4 aromatic rings. The van der Waals surface area contributed by atoms with Gasteiger partial charge in [0.1, 0.15) is 12.1 Å². The number of aryl methyl sites for hydroxylation is 1. The molecular formula is C40H52F2N10O8. The molecular weight excluding hydrogens is 786 g/mol. The van der Waals surface area contributed by atoms with Crippen LogP contribution in [-0.2, 0) is 30.3 Å². The van der Waals surface area contributed by atoms with Crippen LogP contribution in [0.4, 0.5) is 20.3 Å². The maximum atomic E-state index is 14.9. The van der Waals surface area contributed by atoms with Crippen LogP contribution in [-0.4, -0.2) is 114 Å². The Bertz CT molecular complexity index is 2120. The smallest absolute Gasteiger partial charge is 0.320 e. The van der Waals surface area contributed by atoms with Crippen molar-refractivity contribution in [1.29, 1.82) is 5.41 Å². The summed E-state index contributed by atoms with van der Waals surface area (Å²) in [7, 11) is 1.26. The number of rotatable bonds is 25. The van der Waals surface area contributed by atoms with E-state index in [1.165, 1.54) is 31.6 Å². The molecule has 324 valence electrons. The predicted octanol–water partition coefficient (Wildman–Crippen LogP) is 2.91. The van der Waals surface area contributed by atoms with Crippen LogP contribution in [0, 0.1) is 17.0 Å². The van der Waals surface area contributed by atoms with Crippen LogP contribution < -0.4 is 37.1 Å². The average Bonchev–Trinajstić information content (AvgIpc) is 3.67. The number of carboxylic acids is 1. The zero-order chi connectivity index (χ0) is 43.6. The van der Waals surface area contributed by atoms with Crippen LogP contribution in [0.15, 0.2) is 48.9 Å². The lowest BCUT2D eigenvalue weighted by Gasteiger charge is -2.19. The number of aromatic nitrogens is 3. The maximum Gasteiger partial charge on any atom is 0.320 e. The second kappa shape index (κ2) is 23.4. The first-order valence-corrected chi connectivity index (χ1v) is 19.4. The van der Waals surface area contributed by atoms with E-state index >= 15 is 0 Å². The van der Waals surface area contributed by atoms with E-state index in [1.54, 1.807) is 29.7 Å². The second-order valence-corrected chi connectivity index (χ2v) is 13.5. The van der Waals surface area contributed by atoms with E-state index in [4.69, 9.17) is 30.5 Å². The SMILES string of the molecule is CCc1cc(Nc2nccn3c(-c4ccc(OC)c(F)c4F)cnc23)ccc1C(=O)NCCOCCOCCNC(=O)[C@H](CCCNC(C)=N)NC(=O)CC[C@H](N)C(=O)O. The fourth-order valence-electron chi connectivity index (χ4n) is 5.97. The third-order valence-corrected chi connectivity index (χ3v) is 9.12. The fraction of sp³-hybridized carbons (Fsp3) is 0.425. The summed E-state index contributed by atoms with van der Waals surface area (Å²) in [6.45, 7) is 5.25. The van der Waals surface area contributed by atoms with Crippen LogP contribution in [0.2, 0.25) is 0 Å². The van der Waals surface area contributed by atoms with Crippen LogP contribution in [0.1, 0.15) is 55.5 Å². The minimum absolute atomic E-state index is 0.00611. The number of nitrogens with zero attached hydrogens (tertiary/aromatic N) is 3. The van der Waals surface area contributed by atoms with E-state index in [0.29, 0.717) is 54.2 Å². The number of nitrogens with two attached hydrogens (primary N) is 1. The lowest BCUT2D eigenvalue weighted by atomic mass is 10.0. The van der Waals surface area contributed by atoms with Crippen LogP contribution in [0.3, 0.4) is 0 Å². The highest BCUT2D eigenvalue weighted by molar-refractivity contribution is 5.96. The van der Waals surface area contributed by atoms with Crippen molar-refractivity contribution in [2.75, 3.05) is 58.5 Å².